The summed E-state index contributed by atoms with van der Waals surface area (Å²) in [6.45, 7) is 0. The van der Waals surface area contributed by atoms with E-state index in [0.29, 0.717) is 0 Å². The molecule has 0 amide bonds. The Bertz CT molecular complexity index is 383. The molecule has 63 valence electrons. The summed E-state index contributed by atoms with van der Waals surface area (Å²) >= 11 is 0. The standard InChI is InChI=1S/C10H7N2O/c13-9-3-1-8(2-4-9)10-7-11-5-6-12-10/h1-4,6-7,13H. The number of benzene rings is 1. The van der Waals surface area contributed by atoms with Gasteiger partial charge in [-0.15, -0.1) is 0 Å². The van der Waals surface area contributed by atoms with Gasteiger partial charge in [0.05, 0.1) is 18.1 Å². The van der Waals surface area contributed by atoms with Crippen LogP contribution in [0, 0.1) is 6.20 Å². The molecule has 1 radical (unpaired) electrons. The second kappa shape index (κ2) is 3.23. The van der Waals surface area contributed by atoms with Crippen LogP contribution in [0.3, 0.4) is 0 Å². The van der Waals surface area contributed by atoms with Crippen molar-refractivity contribution in [1.29, 1.82) is 0 Å². The van der Waals surface area contributed by atoms with Gasteiger partial charge in [0.2, 0.25) is 0 Å². The Hall–Kier alpha value is -1.90. The van der Waals surface area contributed by atoms with Crippen LogP contribution in [-0.4, -0.2) is 15.1 Å². The molecule has 0 aliphatic carbocycles. The summed E-state index contributed by atoms with van der Waals surface area (Å²) in [6.07, 6.45) is 5.75. The molecule has 0 spiro atoms. The van der Waals surface area contributed by atoms with Gasteiger partial charge in [-0.25, -0.2) is 0 Å². The zero-order valence-electron chi connectivity index (χ0n) is 6.81. The van der Waals surface area contributed by atoms with Crippen molar-refractivity contribution in [2.75, 3.05) is 0 Å². The molecule has 1 aromatic heterocycles. The molecule has 3 nitrogen and oxygen atoms in total. The number of phenols is 1. The first-order chi connectivity index (χ1) is 6.36. The molecular weight excluding hydrogens is 164 g/mol. The van der Waals surface area contributed by atoms with Crippen molar-refractivity contribution in [3.63, 3.8) is 0 Å². The predicted molar refractivity (Wildman–Crippen MR) is 48.0 cm³/mol. The summed E-state index contributed by atoms with van der Waals surface area (Å²) in [7, 11) is 0. The minimum Gasteiger partial charge on any atom is -0.508 e. The van der Waals surface area contributed by atoms with Crippen molar-refractivity contribution < 1.29 is 5.11 Å². The summed E-state index contributed by atoms with van der Waals surface area (Å²) in [5.41, 5.74) is 1.71. The molecule has 2 rings (SSSR count). The number of phenolic OH excluding ortho intramolecular Hbond substituents is 1. The van der Waals surface area contributed by atoms with Crippen molar-refractivity contribution in [1.82, 2.24) is 9.97 Å². The predicted octanol–water partition coefficient (Wildman–Crippen LogP) is 1.65. The lowest BCUT2D eigenvalue weighted by Gasteiger charge is -1.98. The van der Waals surface area contributed by atoms with Crippen molar-refractivity contribution in [2.45, 2.75) is 0 Å². The number of nitrogens with zero attached hydrogens (tertiary/aromatic N) is 2. The fourth-order valence-electron chi connectivity index (χ4n) is 1.04. The van der Waals surface area contributed by atoms with Gasteiger partial charge in [0.1, 0.15) is 11.9 Å². The first-order valence-corrected chi connectivity index (χ1v) is 3.84. The normalized spacial score (nSPS) is 9.85. The highest BCUT2D eigenvalue weighted by molar-refractivity contribution is 5.58. The Labute approximate surface area is 75.7 Å². The molecule has 13 heavy (non-hydrogen) atoms. The number of aromatic hydroxyl groups is 1. The lowest BCUT2D eigenvalue weighted by molar-refractivity contribution is 0.475. The monoisotopic (exact) mass is 171 g/mol. The molecule has 1 N–H and O–H groups in total. The maximum absolute atomic E-state index is 9.06. The number of hydrogen-bond donors (Lipinski definition) is 1. The molecule has 1 heterocycles. The Morgan fingerprint density at radius 1 is 1.15 bits per heavy atom. The highest BCUT2D eigenvalue weighted by Crippen LogP contribution is 2.18. The third kappa shape index (κ3) is 1.64. The van der Waals surface area contributed by atoms with E-state index >= 15 is 0 Å². The van der Waals surface area contributed by atoms with Gasteiger partial charge in [0, 0.05) is 5.56 Å². The van der Waals surface area contributed by atoms with Gasteiger partial charge in [0.15, 0.2) is 0 Å². The number of rotatable bonds is 1. The minimum atomic E-state index is 0.249. The van der Waals surface area contributed by atoms with Crippen molar-refractivity contribution in [3.05, 3.63) is 42.9 Å². The van der Waals surface area contributed by atoms with E-state index in [1.165, 1.54) is 6.20 Å². The fraction of sp³-hybridized carbons (Fsp3) is 0. The molecule has 1 aromatic carbocycles. The average molecular weight is 171 g/mol. The van der Waals surface area contributed by atoms with E-state index in [0.717, 1.165) is 11.3 Å². The molecule has 0 fully saturated rings. The summed E-state index contributed by atoms with van der Waals surface area (Å²) in [5.74, 6) is 0.249. The lowest BCUT2D eigenvalue weighted by atomic mass is 10.1. The van der Waals surface area contributed by atoms with Crippen molar-refractivity contribution in [2.24, 2.45) is 0 Å². The molecule has 0 aliphatic rings. The van der Waals surface area contributed by atoms with Crippen molar-refractivity contribution >= 4 is 0 Å². The van der Waals surface area contributed by atoms with Gasteiger partial charge in [-0.1, -0.05) is 0 Å². The molecule has 0 saturated carbocycles. The van der Waals surface area contributed by atoms with E-state index in [-0.39, 0.29) is 5.75 Å². The summed E-state index contributed by atoms with van der Waals surface area (Å²) < 4.78 is 0. The third-order valence-corrected chi connectivity index (χ3v) is 1.69. The second-order valence-electron chi connectivity index (χ2n) is 2.58. The topological polar surface area (TPSA) is 46.0 Å². The first kappa shape index (κ1) is 7.73. The molecule has 0 bridgehead atoms. The van der Waals surface area contributed by atoms with Gasteiger partial charge >= 0.3 is 0 Å². The smallest absolute Gasteiger partial charge is 0.115 e. The van der Waals surface area contributed by atoms with Crippen LogP contribution in [0.4, 0.5) is 0 Å². The molecule has 0 atom stereocenters. The highest BCUT2D eigenvalue weighted by atomic mass is 16.3. The van der Waals surface area contributed by atoms with E-state index in [1.54, 1.807) is 30.5 Å². The zero-order valence-corrected chi connectivity index (χ0v) is 6.81. The highest BCUT2D eigenvalue weighted by Gasteiger charge is 1.97. The zero-order chi connectivity index (χ0) is 9.10. The Morgan fingerprint density at radius 3 is 2.54 bits per heavy atom. The van der Waals surface area contributed by atoms with Crippen LogP contribution < -0.4 is 0 Å². The summed E-state index contributed by atoms with van der Waals surface area (Å²) in [4.78, 5) is 7.91. The molecular formula is C10H7N2O. The SMILES string of the molecule is Oc1ccc(-c2cn[c]cn2)cc1. The van der Waals surface area contributed by atoms with Crippen LogP contribution in [0.2, 0.25) is 0 Å². The van der Waals surface area contributed by atoms with Crippen LogP contribution in [0.25, 0.3) is 11.3 Å². The quantitative estimate of drug-likeness (QED) is 0.709. The van der Waals surface area contributed by atoms with Gasteiger partial charge in [-0.05, 0) is 24.3 Å². The van der Waals surface area contributed by atoms with Gasteiger partial charge in [-0.3, -0.25) is 9.97 Å². The van der Waals surface area contributed by atoms with Gasteiger partial charge in [-0.2, -0.15) is 0 Å². The largest absolute Gasteiger partial charge is 0.508 e. The average Bonchev–Trinajstić information content (AvgIpc) is 2.20. The minimum absolute atomic E-state index is 0.249. The van der Waals surface area contributed by atoms with Crippen LogP contribution >= 0.6 is 0 Å². The molecule has 0 saturated heterocycles. The molecule has 2 aromatic rings. The van der Waals surface area contributed by atoms with Crippen LogP contribution in [0.15, 0.2) is 36.7 Å². The van der Waals surface area contributed by atoms with Crippen LogP contribution in [0.5, 0.6) is 5.75 Å². The fourth-order valence-corrected chi connectivity index (χ4v) is 1.04. The summed E-state index contributed by atoms with van der Waals surface area (Å²) in [5, 5.41) is 9.06. The number of aromatic nitrogens is 2. The lowest BCUT2D eigenvalue weighted by Crippen LogP contribution is -1.83. The van der Waals surface area contributed by atoms with E-state index in [1.807, 2.05) is 0 Å². The van der Waals surface area contributed by atoms with E-state index in [9.17, 15) is 0 Å². The maximum atomic E-state index is 9.06. The first-order valence-electron chi connectivity index (χ1n) is 3.84. The second-order valence-corrected chi connectivity index (χ2v) is 2.58. The maximum Gasteiger partial charge on any atom is 0.115 e. The Kier molecular flexibility index (Phi) is 1.92. The van der Waals surface area contributed by atoms with Gasteiger partial charge in [0.25, 0.3) is 0 Å². The van der Waals surface area contributed by atoms with E-state index < -0.39 is 0 Å². The van der Waals surface area contributed by atoms with E-state index in [4.69, 9.17) is 5.11 Å². The van der Waals surface area contributed by atoms with E-state index in [2.05, 4.69) is 16.2 Å². The Morgan fingerprint density at radius 2 is 1.92 bits per heavy atom. The molecule has 3 heteroatoms. The third-order valence-electron chi connectivity index (χ3n) is 1.69. The Balaban J connectivity index is 2.42. The molecule has 0 aliphatic heterocycles. The van der Waals surface area contributed by atoms with Crippen LogP contribution in [0.1, 0.15) is 0 Å². The van der Waals surface area contributed by atoms with Crippen molar-refractivity contribution in [3.8, 4) is 17.0 Å². The summed E-state index contributed by atoms with van der Waals surface area (Å²) in [6, 6.07) is 6.82. The van der Waals surface area contributed by atoms with Gasteiger partial charge < -0.3 is 5.11 Å². The molecule has 0 unspecified atom stereocenters. The van der Waals surface area contributed by atoms with Crippen LogP contribution in [-0.2, 0) is 0 Å². The number of hydrogen-bond acceptors (Lipinski definition) is 3.